The lowest BCUT2D eigenvalue weighted by molar-refractivity contribution is -0.118. The highest BCUT2D eigenvalue weighted by Crippen LogP contribution is 2.48. The second kappa shape index (κ2) is 6.91. The summed E-state index contributed by atoms with van der Waals surface area (Å²) in [5.41, 5.74) is 2.44. The predicted octanol–water partition coefficient (Wildman–Crippen LogP) is 3.81. The molecule has 3 heterocycles. The Morgan fingerprint density at radius 2 is 2.00 bits per heavy atom. The summed E-state index contributed by atoms with van der Waals surface area (Å²) < 4.78 is 11.0. The van der Waals surface area contributed by atoms with Crippen molar-refractivity contribution in [3.8, 4) is 11.5 Å². The van der Waals surface area contributed by atoms with Gasteiger partial charge in [0.1, 0.15) is 5.82 Å². The molecule has 0 spiro atoms. The van der Waals surface area contributed by atoms with Crippen LogP contribution >= 0.6 is 11.8 Å². The topological polar surface area (TPSA) is 93.3 Å². The van der Waals surface area contributed by atoms with E-state index in [0.717, 1.165) is 23.4 Å². The molecule has 30 heavy (non-hydrogen) atoms. The van der Waals surface area contributed by atoms with Crippen molar-refractivity contribution in [1.82, 2.24) is 9.97 Å². The number of ether oxygens (including phenoxy) is 2. The van der Waals surface area contributed by atoms with E-state index < -0.39 is 5.92 Å². The molecule has 7 nitrogen and oxygen atoms in total. The Bertz CT molecular complexity index is 1150. The highest BCUT2D eigenvalue weighted by atomic mass is 32.2. The smallest absolute Gasteiger partial charge is 0.257 e. The van der Waals surface area contributed by atoms with Gasteiger partial charge in [0.25, 0.3) is 5.56 Å². The van der Waals surface area contributed by atoms with E-state index in [1.165, 1.54) is 11.8 Å². The van der Waals surface area contributed by atoms with Gasteiger partial charge in [-0.25, -0.2) is 4.98 Å². The molecule has 1 aromatic heterocycles. The summed E-state index contributed by atoms with van der Waals surface area (Å²) in [6, 6.07) is 5.60. The number of benzene rings is 1. The maximum atomic E-state index is 13.3. The Balaban J connectivity index is 1.73. The van der Waals surface area contributed by atoms with Gasteiger partial charge in [-0.1, -0.05) is 38.6 Å². The summed E-state index contributed by atoms with van der Waals surface area (Å²) >= 11 is 1.48. The van der Waals surface area contributed by atoms with Crippen LogP contribution < -0.4 is 20.3 Å². The minimum absolute atomic E-state index is 0.0634. The quantitative estimate of drug-likeness (QED) is 0.570. The number of ketones is 1. The highest BCUT2D eigenvalue weighted by Gasteiger charge is 2.42. The fraction of sp³-hybridized carbons (Fsp3) is 0.409. The SMILES string of the molecule is CCSc1nc2c(c(=O)[nH]1)[C@H](c1ccc3c(c1)OCO3)C1=C(CC(C)(C)CC1=O)N2. The molecule has 2 N–H and O–H groups in total. The third-order valence-corrected chi connectivity index (χ3v) is 6.47. The molecular weight excluding hydrogens is 402 g/mol. The molecule has 1 aliphatic carbocycles. The molecule has 5 rings (SSSR count). The van der Waals surface area contributed by atoms with Gasteiger partial charge in [0.05, 0.1) is 5.56 Å². The van der Waals surface area contributed by atoms with E-state index in [4.69, 9.17) is 9.47 Å². The first-order valence-corrected chi connectivity index (χ1v) is 11.0. The van der Waals surface area contributed by atoms with Crippen LogP contribution in [0.25, 0.3) is 0 Å². The molecule has 3 aliphatic rings. The number of fused-ring (bicyclic) bond motifs is 2. The van der Waals surface area contributed by atoms with Crippen molar-refractivity contribution in [3.05, 3.63) is 50.9 Å². The Morgan fingerprint density at radius 1 is 1.20 bits per heavy atom. The van der Waals surface area contributed by atoms with Crippen molar-refractivity contribution in [2.24, 2.45) is 5.41 Å². The standard InChI is InChI=1S/C22H23N3O4S/c1-4-30-21-24-19-18(20(27)25-21)16(11-5-6-14-15(7-11)29-10-28-14)17-12(23-19)8-22(2,3)9-13(17)26/h5-7,16H,4,8-10H2,1-3H3,(H2,23,24,25,27)/t16-/m1/s1. The van der Waals surface area contributed by atoms with E-state index in [1.54, 1.807) is 0 Å². The molecule has 0 radical (unpaired) electrons. The summed E-state index contributed by atoms with van der Waals surface area (Å²) in [6.45, 7) is 6.36. The zero-order chi connectivity index (χ0) is 21.0. The third-order valence-electron chi connectivity index (χ3n) is 5.71. The van der Waals surface area contributed by atoms with E-state index in [0.29, 0.717) is 40.0 Å². The highest BCUT2D eigenvalue weighted by molar-refractivity contribution is 7.99. The van der Waals surface area contributed by atoms with Gasteiger partial charge < -0.3 is 19.8 Å². The molecule has 156 valence electrons. The largest absolute Gasteiger partial charge is 0.454 e. The number of aromatic amines is 1. The number of carbonyl (C=O) groups is 1. The van der Waals surface area contributed by atoms with Crippen molar-refractivity contribution in [2.45, 2.75) is 44.7 Å². The van der Waals surface area contributed by atoms with Crippen LogP contribution in [0.5, 0.6) is 11.5 Å². The van der Waals surface area contributed by atoms with E-state index in [-0.39, 0.29) is 23.6 Å². The van der Waals surface area contributed by atoms with Gasteiger partial charge in [-0.15, -0.1) is 0 Å². The third kappa shape index (κ3) is 3.10. The van der Waals surface area contributed by atoms with Crippen LogP contribution in [-0.4, -0.2) is 28.3 Å². The Kier molecular flexibility index (Phi) is 4.43. The second-order valence-electron chi connectivity index (χ2n) is 8.57. The molecule has 1 atom stereocenters. The van der Waals surface area contributed by atoms with Crippen molar-refractivity contribution < 1.29 is 14.3 Å². The monoisotopic (exact) mass is 425 g/mol. The summed E-state index contributed by atoms with van der Waals surface area (Å²) in [6.07, 6.45) is 1.16. The fourth-order valence-corrected chi connectivity index (χ4v) is 5.12. The molecule has 2 aliphatic heterocycles. The molecule has 0 saturated heterocycles. The number of nitrogens with one attached hydrogen (secondary N) is 2. The zero-order valence-electron chi connectivity index (χ0n) is 17.1. The minimum Gasteiger partial charge on any atom is -0.454 e. The number of Topliss-reactive ketones (excluding diaryl/α,β-unsaturated/α-hetero) is 1. The molecule has 0 unspecified atom stereocenters. The molecule has 8 heteroatoms. The number of thioether (sulfide) groups is 1. The lowest BCUT2D eigenvalue weighted by atomic mass is 9.69. The summed E-state index contributed by atoms with van der Waals surface area (Å²) in [4.78, 5) is 34.0. The summed E-state index contributed by atoms with van der Waals surface area (Å²) in [7, 11) is 0. The number of H-pyrrole nitrogens is 1. The van der Waals surface area contributed by atoms with Crippen LogP contribution in [0.4, 0.5) is 5.82 Å². The first-order valence-electron chi connectivity index (χ1n) is 10.1. The van der Waals surface area contributed by atoms with Crippen LogP contribution in [0.2, 0.25) is 0 Å². The normalized spacial score (nSPS) is 21.2. The van der Waals surface area contributed by atoms with E-state index in [9.17, 15) is 9.59 Å². The Morgan fingerprint density at radius 3 is 2.80 bits per heavy atom. The molecular formula is C22H23N3O4S. The van der Waals surface area contributed by atoms with Crippen LogP contribution in [0.15, 0.2) is 39.4 Å². The van der Waals surface area contributed by atoms with Crippen molar-refractivity contribution >= 4 is 23.4 Å². The number of aromatic nitrogens is 2. The van der Waals surface area contributed by atoms with Gasteiger partial charge in [0.2, 0.25) is 6.79 Å². The first-order chi connectivity index (χ1) is 14.4. The van der Waals surface area contributed by atoms with Gasteiger partial charge in [0, 0.05) is 23.6 Å². The molecule has 1 aromatic carbocycles. The minimum atomic E-state index is -0.494. The number of anilines is 1. The maximum Gasteiger partial charge on any atom is 0.257 e. The van der Waals surface area contributed by atoms with Gasteiger partial charge in [-0.2, -0.15) is 0 Å². The second-order valence-corrected chi connectivity index (χ2v) is 9.82. The van der Waals surface area contributed by atoms with Crippen molar-refractivity contribution in [3.63, 3.8) is 0 Å². The summed E-state index contributed by atoms with van der Waals surface area (Å²) in [5, 5.41) is 3.91. The average Bonchev–Trinajstić information content (AvgIpc) is 3.13. The number of carbonyl (C=O) groups excluding carboxylic acids is 1. The fourth-order valence-electron chi connectivity index (χ4n) is 4.52. The maximum absolute atomic E-state index is 13.3. The number of hydrogen-bond donors (Lipinski definition) is 2. The molecule has 0 bridgehead atoms. The number of rotatable bonds is 3. The Labute approximate surface area is 178 Å². The zero-order valence-corrected chi connectivity index (χ0v) is 17.9. The molecule has 2 aromatic rings. The lowest BCUT2D eigenvalue weighted by Crippen LogP contribution is -2.37. The van der Waals surface area contributed by atoms with Gasteiger partial charge in [0.15, 0.2) is 22.4 Å². The molecule has 0 saturated carbocycles. The Hall–Kier alpha value is -2.74. The van der Waals surface area contributed by atoms with Crippen molar-refractivity contribution in [2.75, 3.05) is 17.9 Å². The lowest BCUT2D eigenvalue weighted by Gasteiger charge is -2.38. The van der Waals surface area contributed by atoms with Crippen LogP contribution in [-0.2, 0) is 4.79 Å². The first kappa shape index (κ1) is 19.2. The average molecular weight is 426 g/mol. The van der Waals surface area contributed by atoms with Crippen molar-refractivity contribution in [1.29, 1.82) is 0 Å². The number of nitrogens with zero attached hydrogens (tertiary/aromatic N) is 1. The molecule has 0 amide bonds. The van der Waals surface area contributed by atoms with E-state index >= 15 is 0 Å². The van der Waals surface area contributed by atoms with Gasteiger partial charge >= 0.3 is 0 Å². The van der Waals surface area contributed by atoms with Crippen LogP contribution in [0.3, 0.4) is 0 Å². The van der Waals surface area contributed by atoms with Crippen LogP contribution in [0, 0.1) is 5.41 Å². The van der Waals surface area contributed by atoms with E-state index in [2.05, 4.69) is 29.1 Å². The van der Waals surface area contributed by atoms with Crippen LogP contribution in [0.1, 0.15) is 50.7 Å². The predicted molar refractivity (Wildman–Crippen MR) is 114 cm³/mol. The van der Waals surface area contributed by atoms with Gasteiger partial charge in [-0.05, 0) is 35.3 Å². The number of hydrogen-bond acceptors (Lipinski definition) is 7. The summed E-state index contributed by atoms with van der Waals surface area (Å²) in [5.74, 6) is 2.19. The van der Waals surface area contributed by atoms with Gasteiger partial charge in [-0.3, -0.25) is 9.59 Å². The number of allylic oxidation sites excluding steroid dienone is 2. The van der Waals surface area contributed by atoms with E-state index in [1.807, 2.05) is 25.1 Å². The molecule has 0 fully saturated rings.